The van der Waals surface area contributed by atoms with Gasteiger partial charge in [0.15, 0.2) is 29.5 Å². The number of ether oxygens (including phenoxy) is 3. The Kier molecular flexibility index (Phi) is 8.66. The van der Waals surface area contributed by atoms with Gasteiger partial charge in [0.05, 0.1) is 11.9 Å². The van der Waals surface area contributed by atoms with Crippen molar-refractivity contribution >= 4 is 40.7 Å². The second-order valence-electron chi connectivity index (χ2n) is 11.0. The lowest BCUT2D eigenvalue weighted by Crippen LogP contribution is -2.36. The summed E-state index contributed by atoms with van der Waals surface area (Å²) in [6.45, 7) is 0.683. The number of aromatic carboxylic acids is 1. The molecule has 2 aliphatic heterocycles. The molecule has 5 atom stereocenters. The first-order valence-corrected chi connectivity index (χ1v) is 15.1. The number of imidazole rings is 1. The number of nitrogens with one attached hydrogen (secondary N) is 3. The van der Waals surface area contributed by atoms with Gasteiger partial charge in [-0.25, -0.2) is 24.5 Å². The molecule has 3 aromatic carbocycles. The molecule has 7 rings (SSSR count). The van der Waals surface area contributed by atoms with Crippen LogP contribution in [0.3, 0.4) is 0 Å². The summed E-state index contributed by atoms with van der Waals surface area (Å²) in [5.41, 5.74) is 3.35. The number of aromatic nitrogens is 4. The van der Waals surface area contributed by atoms with Crippen LogP contribution in [-0.4, -0.2) is 67.8 Å². The van der Waals surface area contributed by atoms with E-state index in [2.05, 4.69) is 30.9 Å². The fourth-order valence-electron chi connectivity index (χ4n) is 5.75. The highest BCUT2D eigenvalue weighted by Crippen LogP contribution is 2.41. The highest BCUT2D eigenvalue weighted by atomic mass is 16.8. The van der Waals surface area contributed by atoms with Gasteiger partial charge in [-0.2, -0.15) is 0 Å². The van der Waals surface area contributed by atoms with Crippen molar-refractivity contribution < 1.29 is 28.9 Å². The number of urea groups is 1. The van der Waals surface area contributed by atoms with E-state index in [0.717, 1.165) is 5.56 Å². The average Bonchev–Trinajstić information content (AvgIpc) is 3.80. The minimum atomic E-state index is -0.986. The fourth-order valence-corrected chi connectivity index (χ4v) is 5.75. The summed E-state index contributed by atoms with van der Waals surface area (Å²) in [7, 11) is 0. The van der Waals surface area contributed by atoms with Gasteiger partial charge in [-0.05, 0) is 35.4 Å². The molecule has 2 aliphatic rings. The number of carbonyl (C=O) groups is 2. The summed E-state index contributed by atoms with van der Waals surface area (Å²) in [5, 5.41) is 18.4. The molecule has 1 unspecified atom stereocenters. The van der Waals surface area contributed by atoms with Gasteiger partial charge in [0.25, 0.3) is 0 Å². The van der Waals surface area contributed by atoms with Crippen molar-refractivity contribution in [3.63, 3.8) is 0 Å². The maximum atomic E-state index is 12.7. The Balaban J connectivity index is 1.11. The lowest BCUT2D eigenvalue weighted by Gasteiger charge is -2.21. The first-order valence-electron chi connectivity index (χ1n) is 15.1. The minimum absolute atomic E-state index is 0.235. The lowest BCUT2D eigenvalue weighted by atomic mass is 10.1. The summed E-state index contributed by atoms with van der Waals surface area (Å²) in [6, 6.07) is 25.3. The van der Waals surface area contributed by atoms with Gasteiger partial charge in [-0.3, -0.25) is 9.88 Å². The van der Waals surface area contributed by atoms with Gasteiger partial charge >= 0.3 is 12.0 Å². The second-order valence-corrected chi connectivity index (χ2v) is 11.0. The molecule has 2 fully saturated rings. The third kappa shape index (κ3) is 6.59. The Labute approximate surface area is 269 Å². The van der Waals surface area contributed by atoms with Crippen LogP contribution < -0.4 is 16.0 Å². The maximum Gasteiger partial charge on any atom is 0.336 e. The number of nitrogens with zero attached hydrogens (tertiary/aromatic N) is 4. The Morgan fingerprint density at radius 2 is 1.60 bits per heavy atom. The summed E-state index contributed by atoms with van der Waals surface area (Å²) in [6.07, 6.45) is 4.00. The van der Waals surface area contributed by atoms with Crippen molar-refractivity contribution in [2.45, 2.75) is 37.4 Å². The van der Waals surface area contributed by atoms with Crippen molar-refractivity contribution in [1.29, 1.82) is 0 Å². The third-order valence-electron chi connectivity index (χ3n) is 7.92. The number of fused-ring (bicyclic) bond motifs is 2. The SMILES string of the molecule is O=C(Nc1ccccc1)Nc1ncnc2c1ncn2[C@@H]1O[C@H](CNCc2ccccc2C(=O)O)C2O[C@H](C=Cc3ccccc3)O[C@@H]21. The normalized spacial score (nSPS) is 22.0. The maximum absolute atomic E-state index is 12.7. The van der Waals surface area contributed by atoms with Crippen LogP contribution in [0.15, 0.2) is 104 Å². The predicted octanol–water partition coefficient (Wildman–Crippen LogP) is 4.68. The second kappa shape index (κ2) is 13.5. The Morgan fingerprint density at radius 3 is 2.40 bits per heavy atom. The number of amides is 2. The van der Waals surface area contributed by atoms with Gasteiger partial charge in [-0.15, -0.1) is 0 Å². The summed E-state index contributed by atoms with van der Waals surface area (Å²) < 4.78 is 21.0. The van der Waals surface area contributed by atoms with E-state index in [9.17, 15) is 14.7 Å². The highest BCUT2D eigenvalue weighted by molar-refractivity contribution is 6.02. The number of carboxylic acids is 1. The van der Waals surface area contributed by atoms with E-state index >= 15 is 0 Å². The Bertz CT molecular complexity index is 1900. The first-order chi connectivity index (χ1) is 23.0. The zero-order valence-corrected chi connectivity index (χ0v) is 25.0. The molecule has 5 aromatic rings. The molecule has 13 nitrogen and oxygen atoms in total. The molecule has 4 N–H and O–H groups in total. The van der Waals surface area contributed by atoms with Crippen LogP contribution in [0.4, 0.5) is 16.3 Å². The molecule has 4 heterocycles. The monoisotopic (exact) mass is 633 g/mol. The molecule has 2 aromatic heterocycles. The van der Waals surface area contributed by atoms with Crippen molar-refractivity contribution in [2.24, 2.45) is 0 Å². The van der Waals surface area contributed by atoms with Crippen molar-refractivity contribution in [2.75, 3.05) is 17.2 Å². The number of benzene rings is 3. The fraction of sp³-hybridized carbons (Fsp3) is 0.206. The molecule has 238 valence electrons. The number of carbonyl (C=O) groups excluding carboxylic acids is 1. The molecule has 0 bridgehead atoms. The van der Waals surface area contributed by atoms with E-state index in [1.54, 1.807) is 47.3 Å². The molecule has 13 heteroatoms. The van der Waals surface area contributed by atoms with Gasteiger partial charge in [0, 0.05) is 18.8 Å². The van der Waals surface area contributed by atoms with Gasteiger partial charge < -0.3 is 30.0 Å². The summed E-state index contributed by atoms with van der Waals surface area (Å²) in [5.74, 6) is -0.750. The number of anilines is 2. The van der Waals surface area contributed by atoms with Crippen LogP contribution in [0.2, 0.25) is 0 Å². The van der Waals surface area contributed by atoms with Crippen molar-refractivity contribution in [3.8, 4) is 0 Å². The van der Waals surface area contributed by atoms with E-state index < -0.39 is 42.8 Å². The van der Waals surface area contributed by atoms with E-state index in [4.69, 9.17) is 14.2 Å². The molecule has 2 saturated heterocycles. The molecule has 0 saturated carbocycles. The van der Waals surface area contributed by atoms with E-state index in [1.165, 1.54) is 6.33 Å². The Hall–Kier alpha value is -5.47. The van der Waals surface area contributed by atoms with E-state index in [0.29, 0.717) is 35.5 Å². The predicted molar refractivity (Wildman–Crippen MR) is 172 cm³/mol. The summed E-state index contributed by atoms with van der Waals surface area (Å²) >= 11 is 0. The molecule has 47 heavy (non-hydrogen) atoms. The molecule has 0 aliphatic carbocycles. The Morgan fingerprint density at radius 1 is 0.851 bits per heavy atom. The number of carboxylic acid groups (broad SMARTS) is 1. The number of hydrogen-bond donors (Lipinski definition) is 4. The van der Waals surface area contributed by atoms with Crippen LogP contribution in [0.25, 0.3) is 17.2 Å². The minimum Gasteiger partial charge on any atom is -0.478 e. The third-order valence-corrected chi connectivity index (χ3v) is 7.92. The first kappa shape index (κ1) is 30.2. The highest BCUT2D eigenvalue weighted by Gasteiger charge is 2.53. The number of rotatable bonds is 10. The van der Waals surface area contributed by atoms with Crippen molar-refractivity contribution in [1.82, 2.24) is 24.8 Å². The zero-order chi connectivity index (χ0) is 32.2. The van der Waals surface area contributed by atoms with Crippen molar-refractivity contribution in [3.05, 3.63) is 120 Å². The van der Waals surface area contributed by atoms with E-state index in [1.807, 2.05) is 60.7 Å². The van der Waals surface area contributed by atoms with Crippen LogP contribution >= 0.6 is 0 Å². The number of hydrogen-bond acceptors (Lipinski definition) is 9. The lowest BCUT2D eigenvalue weighted by molar-refractivity contribution is -0.124. The molecular weight excluding hydrogens is 602 g/mol. The smallest absolute Gasteiger partial charge is 0.336 e. The molecular formula is C34H31N7O6. The van der Waals surface area contributed by atoms with Crippen LogP contribution in [0, 0.1) is 0 Å². The molecule has 0 spiro atoms. The van der Waals surface area contributed by atoms with Crippen LogP contribution in [0.1, 0.15) is 27.7 Å². The van der Waals surface area contributed by atoms with Gasteiger partial charge in [0.1, 0.15) is 24.6 Å². The largest absolute Gasteiger partial charge is 0.478 e. The quantitative estimate of drug-likeness (QED) is 0.170. The van der Waals surface area contributed by atoms with Gasteiger partial charge in [0.2, 0.25) is 0 Å². The topological polar surface area (TPSA) is 162 Å². The average molecular weight is 634 g/mol. The zero-order valence-electron chi connectivity index (χ0n) is 25.0. The molecule has 2 amide bonds. The van der Waals surface area contributed by atoms with Crippen LogP contribution in [-0.2, 0) is 20.8 Å². The number of para-hydroxylation sites is 1. The van der Waals surface area contributed by atoms with E-state index in [-0.39, 0.29) is 11.4 Å². The van der Waals surface area contributed by atoms with Gasteiger partial charge in [-0.1, -0.05) is 72.8 Å². The molecule has 0 radical (unpaired) electrons. The summed E-state index contributed by atoms with van der Waals surface area (Å²) in [4.78, 5) is 37.6. The standard InChI is InChI=1S/C34H31N7O6/c42-33(43)24-14-8-7-11-22(24)17-35-18-25-28-29(47-26(46-28)16-15-21-9-3-1-4-10-21)32(45-25)41-20-38-27-30(36-19-37-31(27)41)40-34(44)39-23-12-5-2-6-13-23/h1-16,19-20,25-26,28-29,32,35H,17-18H2,(H,42,43)(H2,36,37,39,40,44)/t25-,26+,28?,29+,32-/m1/s1. The van der Waals surface area contributed by atoms with Crippen LogP contribution in [0.5, 0.6) is 0 Å².